The molecule has 18 heavy (non-hydrogen) atoms. The lowest BCUT2D eigenvalue weighted by Crippen LogP contribution is -2.46. The van der Waals surface area contributed by atoms with Crippen molar-refractivity contribution in [2.45, 2.75) is 18.9 Å². The third-order valence-electron chi connectivity index (χ3n) is 2.75. The van der Waals surface area contributed by atoms with Gasteiger partial charge in [-0.15, -0.1) is 0 Å². The van der Waals surface area contributed by atoms with Crippen LogP contribution in [-0.4, -0.2) is 31.4 Å². The molecule has 0 aliphatic rings. The van der Waals surface area contributed by atoms with Crippen molar-refractivity contribution in [3.05, 3.63) is 35.9 Å². The van der Waals surface area contributed by atoms with E-state index in [0.717, 1.165) is 5.56 Å². The fourth-order valence-electron chi connectivity index (χ4n) is 1.68. The summed E-state index contributed by atoms with van der Waals surface area (Å²) in [5.41, 5.74) is 6.48. The van der Waals surface area contributed by atoms with Crippen LogP contribution in [0.4, 0.5) is 0 Å². The molecule has 0 saturated carbocycles. The van der Waals surface area contributed by atoms with Gasteiger partial charge in [0.05, 0.1) is 5.92 Å². The molecule has 0 aliphatic heterocycles. The summed E-state index contributed by atoms with van der Waals surface area (Å²) in [6.07, 6.45) is 0. The van der Waals surface area contributed by atoms with E-state index in [1.54, 1.807) is 6.92 Å². The maximum atomic E-state index is 12.0. The zero-order valence-electron chi connectivity index (χ0n) is 10.6. The Labute approximate surface area is 107 Å². The predicted molar refractivity (Wildman–Crippen MR) is 69.9 cm³/mol. The summed E-state index contributed by atoms with van der Waals surface area (Å²) < 4.78 is 0. The van der Waals surface area contributed by atoms with Gasteiger partial charge >= 0.3 is 0 Å². The van der Waals surface area contributed by atoms with Crippen LogP contribution in [0, 0.1) is 0 Å². The maximum Gasteiger partial charge on any atom is 0.242 e. The minimum Gasteiger partial charge on any atom is -0.357 e. The van der Waals surface area contributed by atoms with Crippen molar-refractivity contribution < 1.29 is 9.59 Å². The fraction of sp³-hybridized carbons (Fsp3) is 0.385. The second-order valence-corrected chi connectivity index (χ2v) is 4.04. The summed E-state index contributed by atoms with van der Waals surface area (Å²) in [5, 5.41) is 5.13. The van der Waals surface area contributed by atoms with Gasteiger partial charge in [-0.1, -0.05) is 30.3 Å². The summed E-state index contributed by atoms with van der Waals surface area (Å²) >= 11 is 0. The smallest absolute Gasteiger partial charge is 0.242 e. The average molecular weight is 249 g/mol. The lowest BCUT2D eigenvalue weighted by Gasteiger charge is -2.18. The van der Waals surface area contributed by atoms with Crippen LogP contribution in [0.2, 0.25) is 0 Å². The second-order valence-electron chi connectivity index (χ2n) is 4.04. The van der Waals surface area contributed by atoms with Gasteiger partial charge in [-0.3, -0.25) is 9.59 Å². The molecule has 0 heterocycles. The van der Waals surface area contributed by atoms with Crippen molar-refractivity contribution >= 4 is 11.8 Å². The molecule has 2 amide bonds. The monoisotopic (exact) mass is 249 g/mol. The molecule has 0 fully saturated rings. The minimum atomic E-state index is -0.569. The third-order valence-corrected chi connectivity index (χ3v) is 2.75. The molecule has 0 aliphatic carbocycles. The number of amides is 2. The third kappa shape index (κ3) is 3.56. The van der Waals surface area contributed by atoms with E-state index >= 15 is 0 Å². The van der Waals surface area contributed by atoms with E-state index in [2.05, 4.69) is 10.6 Å². The van der Waals surface area contributed by atoms with E-state index in [4.69, 9.17) is 5.73 Å². The first-order chi connectivity index (χ1) is 8.60. The van der Waals surface area contributed by atoms with Crippen LogP contribution in [0.25, 0.3) is 0 Å². The number of carbonyl (C=O) groups excluding carboxylic acids is 2. The largest absolute Gasteiger partial charge is 0.357 e. The zero-order valence-corrected chi connectivity index (χ0v) is 10.6. The van der Waals surface area contributed by atoms with Crippen molar-refractivity contribution in [2.75, 3.05) is 13.6 Å². The van der Waals surface area contributed by atoms with Gasteiger partial charge in [-0.05, 0) is 12.5 Å². The Bertz CT molecular complexity index is 406. The number of hydrogen-bond donors (Lipinski definition) is 3. The molecule has 1 aromatic carbocycles. The summed E-state index contributed by atoms with van der Waals surface area (Å²) in [5.74, 6) is -0.898. The highest BCUT2D eigenvalue weighted by molar-refractivity contribution is 5.90. The van der Waals surface area contributed by atoms with E-state index in [9.17, 15) is 9.59 Å². The van der Waals surface area contributed by atoms with Crippen molar-refractivity contribution in [3.8, 4) is 0 Å². The van der Waals surface area contributed by atoms with Gasteiger partial charge in [0.2, 0.25) is 11.8 Å². The van der Waals surface area contributed by atoms with E-state index in [-0.39, 0.29) is 18.4 Å². The van der Waals surface area contributed by atoms with Gasteiger partial charge in [0, 0.05) is 13.6 Å². The first-order valence-electron chi connectivity index (χ1n) is 5.87. The minimum absolute atomic E-state index is 0.205. The van der Waals surface area contributed by atoms with Crippen molar-refractivity contribution in [1.29, 1.82) is 0 Å². The van der Waals surface area contributed by atoms with E-state index < -0.39 is 12.0 Å². The summed E-state index contributed by atoms with van der Waals surface area (Å²) in [6.45, 7) is 1.84. The van der Waals surface area contributed by atoms with Crippen LogP contribution >= 0.6 is 0 Å². The molecule has 1 aromatic rings. The maximum absolute atomic E-state index is 12.0. The Hall–Kier alpha value is -1.88. The highest BCUT2D eigenvalue weighted by Gasteiger charge is 2.22. The Balaban J connectivity index is 2.72. The molecule has 0 aromatic heterocycles. The van der Waals surface area contributed by atoms with Crippen LogP contribution in [0.15, 0.2) is 30.3 Å². The summed E-state index contributed by atoms with van der Waals surface area (Å²) in [6, 6.07) is 8.71. The molecule has 98 valence electrons. The van der Waals surface area contributed by atoms with Crippen molar-refractivity contribution in [2.24, 2.45) is 5.73 Å². The SMILES string of the molecule is CNC(=O)C(C)NC(=O)C(CN)c1ccccc1. The molecular formula is C13H19N3O2. The normalized spacial score (nSPS) is 13.5. The number of carbonyl (C=O) groups is 2. The van der Waals surface area contributed by atoms with Crippen LogP contribution in [0.3, 0.4) is 0 Å². The first-order valence-corrected chi connectivity index (χ1v) is 5.87. The number of nitrogens with two attached hydrogens (primary N) is 1. The molecule has 0 spiro atoms. The molecule has 1 rings (SSSR count). The van der Waals surface area contributed by atoms with Gasteiger partial charge in [-0.25, -0.2) is 0 Å². The molecule has 5 heteroatoms. The topological polar surface area (TPSA) is 84.2 Å². The molecule has 5 nitrogen and oxygen atoms in total. The summed E-state index contributed by atoms with van der Waals surface area (Å²) in [4.78, 5) is 23.4. The van der Waals surface area contributed by atoms with E-state index in [1.165, 1.54) is 7.05 Å². The van der Waals surface area contributed by atoms with E-state index in [1.807, 2.05) is 30.3 Å². The van der Waals surface area contributed by atoms with Gasteiger partial charge in [-0.2, -0.15) is 0 Å². The van der Waals surface area contributed by atoms with Crippen LogP contribution < -0.4 is 16.4 Å². The van der Waals surface area contributed by atoms with Crippen LogP contribution in [-0.2, 0) is 9.59 Å². The number of benzene rings is 1. The number of hydrogen-bond acceptors (Lipinski definition) is 3. The number of nitrogens with one attached hydrogen (secondary N) is 2. The molecule has 0 bridgehead atoms. The van der Waals surface area contributed by atoms with Crippen molar-refractivity contribution in [3.63, 3.8) is 0 Å². The van der Waals surface area contributed by atoms with E-state index in [0.29, 0.717) is 0 Å². The van der Waals surface area contributed by atoms with Gasteiger partial charge in [0.25, 0.3) is 0 Å². The Kier molecular flexibility index (Phi) is 5.32. The predicted octanol–water partition coefficient (Wildman–Crippen LogP) is -0.0204. The molecule has 2 unspecified atom stereocenters. The average Bonchev–Trinajstić information content (AvgIpc) is 2.39. The van der Waals surface area contributed by atoms with Gasteiger partial charge in [0.15, 0.2) is 0 Å². The number of rotatable bonds is 5. The Morgan fingerprint density at radius 2 is 1.83 bits per heavy atom. The zero-order chi connectivity index (χ0) is 13.5. The Morgan fingerprint density at radius 3 is 2.33 bits per heavy atom. The van der Waals surface area contributed by atoms with Crippen LogP contribution in [0.5, 0.6) is 0 Å². The van der Waals surface area contributed by atoms with Crippen LogP contribution in [0.1, 0.15) is 18.4 Å². The van der Waals surface area contributed by atoms with Gasteiger partial charge < -0.3 is 16.4 Å². The second kappa shape index (κ2) is 6.76. The molecular weight excluding hydrogens is 230 g/mol. The fourth-order valence-corrected chi connectivity index (χ4v) is 1.68. The van der Waals surface area contributed by atoms with Crippen molar-refractivity contribution in [1.82, 2.24) is 10.6 Å². The molecule has 4 N–H and O–H groups in total. The molecule has 0 radical (unpaired) electrons. The quantitative estimate of drug-likeness (QED) is 0.685. The molecule has 2 atom stereocenters. The lowest BCUT2D eigenvalue weighted by molar-refractivity contribution is -0.129. The first kappa shape index (κ1) is 14.2. The summed E-state index contributed by atoms with van der Waals surface area (Å²) in [7, 11) is 1.53. The highest BCUT2D eigenvalue weighted by atomic mass is 16.2. The standard InChI is InChI=1S/C13H19N3O2/c1-9(12(17)15-2)16-13(18)11(8-14)10-6-4-3-5-7-10/h3-7,9,11H,8,14H2,1-2H3,(H,15,17)(H,16,18). The Morgan fingerprint density at radius 1 is 1.22 bits per heavy atom. The molecule has 0 saturated heterocycles. The number of likely N-dealkylation sites (N-methyl/N-ethyl adjacent to an activating group) is 1. The lowest BCUT2D eigenvalue weighted by atomic mass is 9.98. The highest BCUT2D eigenvalue weighted by Crippen LogP contribution is 2.14. The van der Waals surface area contributed by atoms with Gasteiger partial charge in [0.1, 0.15) is 6.04 Å².